The zero-order valence-electron chi connectivity index (χ0n) is 16.8. The lowest BCUT2D eigenvalue weighted by atomic mass is 9.77. The quantitative estimate of drug-likeness (QED) is 0.241. The lowest BCUT2D eigenvalue weighted by molar-refractivity contribution is 0.515. The van der Waals surface area contributed by atoms with Crippen LogP contribution in [-0.4, -0.2) is 14.5 Å². The number of nitrogens with zero attached hydrogens (tertiary/aromatic N) is 3. The highest BCUT2D eigenvalue weighted by Gasteiger charge is 2.38. The van der Waals surface area contributed by atoms with E-state index in [1.807, 2.05) is 36.7 Å². The van der Waals surface area contributed by atoms with Crippen LogP contribution in [0.1, 0.15) is 16.7 Å². The first kappa shape index (κ1) is 19.3. The van der Waals surface area contributed by atoms with Crippen LogP contribution in [-0.2, 0) is 5.54 Å². The normalized spacial score (nSPS) is 11.4. The van der Waals surface area contributed by atoms with Crippen molar-refractivity contribution >= 4 is 11.6 Å². The Balaban J connectivity index is 1.83. The van der Waals surface area contributed by atoms with Crippen molar-refractivity contribution in [1.29, 1.82) is 0 Å². The summed E-state index contributed by atoms with van der Waals surface area (Å²) in [6, 6.07) is 35.4. The smallest absolute Gasteiger partial charge is 0.138 e. The molecule has 150 valence electrons. The highest BCUT2D eigenvalue weighted by atomic mass is 35.5. The van der Waals surface area contributed by atoms with Gasteiger partial charge in [-0.2, -0.15) is 0 Å². The number of pyridine rings is 1. The monoisotopic (exact) mass is 421 g/mol. The summed E-state index contributed by atoms with van der Waals surface area (Å²) in [5.41, 5.74) is 4.44. The average Bonchev–Trinajstić information content (AvgIpc) is 3.32. The molecule has 0 saturated heterocycles. The Morgan fingerprint density at radius 2 is 1.13 bits per heavy atom. The second-order valence-electron chi connectivity index (χ2n) is 7.32. The predicted octanol–water partition coefficient (Wildman–Crippen LogP) is 6.44. The summed E-state index contributed by atoms with van der Waals surface area (Å²) in [6.07, 6.45) is 5.62. The molecular formula is C27H20ClN3. The van der Waals surface area contributed by atoms with Crippen LogP contribution in [0.2, 0.25) is 5.15 Å². The van der Waals surface area contributed by atoms with Crippen LogP contribution in [0.3, 0.4) is 0 Å². The van der Waals surface area contributed by atoms with Gasteiger partial charge in [-0.1, -0.05) is 103 Å². The second-order valence-corrected chi connectivity index (χ2v) is 7.67. The Morgan fingerprint density at radius 3 is 1.61 bits per heavy atom. The Kier molecular flexibility index (Phi) is 5.11. The molecule has 0 N–H and O–H groups in total. The minimum absolute atomic E-state index is 0.442. The van der Waals surface area contributed by atoms with Crippen molar-refractivity contribution in [3.8, 4) is 11.3 Å². The topological polar surface area (TPSA) is 30.7 Å². The second kappa shape index (κ2) is 8.21. The van der Waals surface area contributed by atoms with Crippen LogP contribution in [0, 0.1) is 0 Å². The van der Waals surface area contributed by atoms with Crippen LogP contribution in [0.4, 0.5) is 0 Å². The first-order chi connectivity index (χ1) is 15.3. The maximum atomic E-state index is 6.37. The van der Waals surface area contributed by atoms with Gasteiger partial charge < -0.3 is 4.57 Å². The Hall–Kier alpha value is -3.69. The molecule has 3 nitrogen and oxygen atoms in total. The molecule has 31 heavy (non-hydrogen) atoms. The maximum Gasteiger partial charge on any atom is 0.138 e. The van der Waals surface area contributed by atoms with Crippen LogP contribution >= 0.6 is 11.6 Å². The fourth-order valence-electron chi connectivity index (χ4n) is 4.21. The molecule has 0 aliphatic rings. The van der Waals surface area contributed by atoms with Gasteiger partial charge in [-0.15, -0.1) is 0 Å². The highest BCUT2D eigenvalue weighted by molar-refractivity contribution is 6.32. The zero-order chi connectivity index (χ0) is 21.1. The molecule has 0 saturated carbocycles. The van der Waals surface area contributed by atoms with Crippen molar-refractivity contribution in [2.45, 2.75) is 5.54 Å². The van der Waals surface area contributed by atoms with E-state index in [1.54, 1.807) is 6.20 Å². The largest absolute Gasteiger partial charge is 0.318 e. The molecule has 0 atom stereocenters. The van der Waals surface area contributed by atoms with E-state index in [2.05, 4.69) is 88.5 Å². The highest BCUT2D eigenvalue weighted by Crippen LogP contribution is 2.41. The number of imidazole rings is 1. The number of hydrogen-bond acceptors (Lipinski definition) is 2. The standard InChI is InChI=1S/C27H20ClN3/c28-26-24(17-10-18-29-26)25-19-31(20-30-25)27(21-11-4-1-5-12-21,22-13-6-2-7-14-22)23-15-8-3-9-16-23/h1-20H. The van der Waals surface area contributed by atoms with Gasteiger partial charge in [0, 0.05) is 18.0 Å². The minimum atomic E-state index is -0.594. The van der Waals surface area contributed by atoms with E-state index in [1.165, 1.54) is 0 Å². The molecule has 0 bridgehead atoms. The molecule has 2 aromatic heterocycles. The van der Waals surface area contributed by atoms with Crippen LogP contribution in [0.15, 0.2) is 122 Å². The summed E-state index contributed by atoms with van der Waals surface area (Å²) < 4.78 is 2.17. The van der Waals surface area contributed by atoms with Gasteiger partial charge in [0.05, 0.1) is 12.0 Å². The third kappa shape index (κ3) is 3.33. The fourth-order valence-corrected chi connectivity index (χ4v) is 4.42. The first-order valence-corrected chi connectivity index (χ1v) is 10.5. The molecule has 0 amide bonds. The third-order valence-corrected chi connectivity index (χ3v) is 5.88. The predicted molar refractivity (Wildman–Crippen MR) is 125 cm³/mol. The summed E-state index contributed by atoms with van der Waals surface area (Å²) in [7, 11) is 0. The van der Waals surface area contributed by atoms with Crippen molar-refractivity contribution in [2.24, 2.45) is 0 Å². The van der Waals surface area contributed by atoms with Gasteiger partial charge in [-0.3, -0.25) is 0 Å². The molecule has 3 aromatic carbocycles. The summed E-state index contributed by atoms with van der Waals surface area (Å²) >= 11 is 6.37. The number of rotatable bonds is 5. The number of halogens is 1. The number of benzene rings is 3. The zero-order valence-corrected chi connectivity index (χ0v) is 17.5. The van der Waals surface area contributed by atoms with Crippen LogP contribution in [0.25, 0.3) is 11.3 Å². The summed E-state index contributed by atoms with van der Waals surface area (Å²) in [5, 5.41) is 0.442. The molecule has 0 radical (unpaired) electrons. The third-order valence-electron chi connectivity index (χ3n) is 5.58. The van der Waals surface area contributed by atoms with Crippen molar-refractivity contribution in [2.75, 3.05) is 0 Å². The van der Waals surface area contributed by atoms with E-state index >= 15 is 0 Å². The van der Waals surface area contributed by atoms with E-state index in [0.717, 1.165) is 27.9 Å². The molecule has 0 fully saturated rings. The molecule has 0 spiro atoms. The van der Waals surface area contributed by atoms with E-state index in [9.17, 15) is 0 Å². The Labute approximate surface area is 186 Å². The van der Waals surface area contributed by atoms with Crippen molar-refractivity contribution in [1.82, 2.24) is 14.5 Å². The molecule has 0 unspecified atom stereocenters. The van der Waals surface area contributed by atoms with Gasteiger partial charge in [0.25, 0.3) is 0 Å². The van der Waals surface area contributed by atoms with Gasteiger partial charge in [0.1, 0.15) is 10.7 Å². The van der Waals surface area contributed by atoms with Crippen molar-refractivity contribution in [3.05, 3.63) is 144 Å². The fraction of sp³-hybridized carbons (Fsp3) is 0.0370. The van der Waals surface area contributed by atoms with E-state index < -0.39 is 5.54 Å². The Bertz CT molecular complexity index is 1190. The van der Waals surface area contributed by atoms with Gasteiger partial charge in [0.2, 0.25) is 0 Å². The van der Waals surface area contributed by atoms with E-state index in [-0.39, 0.29) is 0 Å². The van der Waals surface area contributed by atoms with E-state index in [4.69, 9.17) is 16.6 Å². The van der Waals surface area contributed by atoms with Gasteiger partial charge >= 0.3 is 0 Å². The molecule has 2 heterocycles. The lowest BCUT2D eigenvalue weighted by Gasteiger charge is -2.37. The van der Waals surface area contributed by atoms with Gasteiger partial charge in [-0.25, -0.2) is 9.97 Å². The summed E-state index contributed by atoms with van der Waals surface area (Å²) in [6.45, 7) is 0. The van der Waals surface area contributed by atoms with Crippen LogP contribution < -0.4 is 0 Å². The van der Waals surface area contributed by atoms with Crippen molar-refractivity contribution in [3.63, 3.8) is 0 Å². The van der Waals surface area contributed by atoms with Crippen molar-refractivity contribution < 1.29 is 0 Å². The number of hydrogen-bond donors (Lipinski definition) is 0. The van der Waals surface area contributed by atoms with Crippen LogP contribution in [0.5, 0.6) is 0 Å². The molecule has 4 heteroatoms. The molecule has 0 aliphatic heterocycles. The molecule has 0 aliphatic carbocycles. The SMILES string of the molecule is Clc1ncccc1-c1cn(C(c2ccccc2)(c2ccccc2)c2ccccc2)cn1. The molecular weight excluding hydrogens is 402 g/mol. The minimum Gasteiger partial charge on any atom is -0.318 e. The first-order valence-electron chi connectivity index (χ1n) is 10.1. The maximum absolute atomic E-state index is 6.37. The number of aromatic nitrogens is 3. The lowest BCUT2D eigenvalue weighted by Crippen LogP contribution is -2.36. The summed E-state index contributed by atoms with van der Waals surface area (Å²) in [5.74, 6) is 0. The molecule has 5 aromatic rings. The summed E-state index contributed by atoms with van der Waals surface area (Å²) in [4.78, 5) is 8.95. The van der Waals surface area contributed by atoms with E-state index in [0.29, 0.717) is 5.15 Å². The average molecular weight is 422 g/mol. The van der Waals surface area contributed by atoms with Gasteiger partial charge in [-0.05, 0) is 28.8 Å². The molecule has 5 rings (SSSR count). The Morgan fingerprint density at radius 1 is 0.613 bits per heavy atom. The van der Waals surface area contributed by atoms with Gasteiger partial charge in [0.15, 0.2) is 0 Å².